The third-order valence-corrected chi connectivity index (χ3v) is 3.23. The van der Waals surface area contributed by atoms with Crippen LogP contribution in [0.1, 0.15) is 35.3 Å². The molecule has 0 amide bonds. The lowest BCUT2D eigenvalue weighted by atomic mass is 10.0. The molecule has 0 aliphatic heterocycles. The summed E-state index contributed by atoms with van der Waals surface area (Å²) < 4.78 is 4.74. The standard InChI is InChI=1S/C17H19NO2/c1-3-16(13-8-5-4-6-9-13)18-15-11-7-10-14(12-15)17(19)20-2/h4-12,16,18H,3H2,1-2H3. The number of esters is 1. The van der Waals surface area contributed by atoms with E-state index in [1.54, 1.807) is 6.07 Å². The summed E-state index contributed by atoms with van der Waals surface area (Å²) >= 11 is 0. The number of hydrogen-bond acceptors (Lipinski definition) is 3. The molecule has 0 fully saturated rings. The van der Waals surface area contributed by atoms with E-state index in [0.717, 1.165) is 12.1 Å². The molecule has 0 saturated carbocycles. The number of carbonyl (C=O) groups is 1. The van der Waals surface area contributed by atoms with Crippen LogP contribution < -0.4 is 5.32 Å². The molecule has 1 N–H and O–H groups in total. The van der Waals surface area contributed by atoms with Gasteiger partial charge in [0.15, 0.2) is 0 Å². The van der Waals surface area contributed by atoms with Crippen LogP contribution in [0.4, 0.5) is 5.69 Å². The number of hydrogen-bond donors (Lipinski definition) is 1. The Morgan fingerprint density at radius 3 is 2.55 bits per heavy atom. The van der Waals surface area contributed by atoms with E-state index < -0.39 is 0 Å². The van der Waals surface area contributed by atoms with Gasteiger partial charge in [-0.2, -0.15) is 0 Å². The Bertz CT molecular complexity index is 566. The van der Waals surface area contributed by atoms with E-state index in [2.05, 4.69) is 24.4 Å². The predicted molar refractivity (Wildman–Crippen MR) is 80.9 cm³/mol. The maximum Gasteiger partial charge on any atom is 0.337 e. The molecule has 3 nitrogen and oxygen atoms in total. The van der Waals surface area contributed by atoms with Crippen LogP contribution in [0.15, 0.2) is 54.6 Å². The van der Waals surface area contributed by atoms with E-state index in [0.29, 0.717) is 5.56 Å². The molecule has 0 saturated heterocycles. The van der Waals surface area contributed by atoms with Crippen molar-refractivity contribution in [3.05, 3.63) is 65.7 Å². The monoisotopic (exact) mass is 269 g/mol. The molecule has 104 valence electrons. The minimum atomic E-state index is -0.318. The maximum atomic E-state index is 11.5. The van der Waals surface area contributed by atoms with Crippen molar-refractivity contribution < 1.29 is 9.53 Å². The predicted octanol–water partition coefficient (Wildman–Crippen LogP) is 4.04. The molecule has 0 aliphatic carbocycles. The van der Waals surface area contributed by atoms with Gasteiger partial charge in [-0.1, -0.05) is 43.3 Å². The van der Waals surface area contributed by atoms with E-state index in [9.17, 15) is 4.79 Å². The largest absolute Gasteiger partial charge is 0.465 e. The molecule has 2 aromatic rings. The number of nitrogens with one attached hydrogen (secondary N) is 1. The van der Waals surface area contributed by atoms with Gasteiger partial charge in [-0.15, -0.1) is 0 Å². The molecule has 20 heavy (non-hydrogen) atoms. The minimum Gasteiger partial charge on any atom is -0.465 e. The lowest BCUT2D eigenvalue weighted by Gasteiger charge is -2.19. The highest BCUT2D eigenvalue weighted by Gasteiger charge is 2.10. The number of rotatable bonds is 5. The lowest BCUT2D eigenvalue weighted by Crippen LogP contribution is -2.10. The van der Waals surface area contributed by atoms with Gasteiger partial charge >= 0.3 is 5.97 Å². The fourth-order valence-electron chi connectivity index (χ4n) is 2.16. The summed E-state index contributed by atoms with van der Waals surface area (Å²) in [5.41, 5.74) is 2.71. The van der Waals surface area contributed by atoms with Gasteiger partial charge in [0.05, 0.1) is 18.7 Å². The van der Waals surface area contributed by atoms with Gasteiger partial charge in [0.25, 0.3) is 0 Å². The van der Waals surface area contributed by atoms with Crippen LogP contribution in [0.2, 0.25) is 0 Å². The van der Waals surface area contributed by atoms with Gasteiger partial charge < -0.3 is 10.1 Å². The fraction of sp³-hybridized carbons (Fsp3) is 0.235. The van der Waals surface area contributed by atoms with E-state index in [1.807, 2.05) is 36.4 Å². The van der Waals surface area contributed by atoms with Crippen LogP contribution >= 0.6 is 0 Å². The molecule has 1 atom stereocenters. The van der Waals surface area contributed by atoms with Crippen molar-refractivity contribution in [1.82, 2.24) is 0 Å². The molecule has 0 radical (unpaired) electrons. The number of benzene rings is 2. The number of anilines is 1. The lowest BCUT2D eigenvalue weighted by molar-refractivity contribution is 0.0601. The second kappa shape index (κ2) is 6.75. The third-order valence-electron chi connectivity index (χ3n) is 3.23. The Morgan fingerprint density at radius 2 is 1.90 bits per heavy atom. The second-order valence-corrected chi connectivity index (χ2v) is 4.59. The molecular weight excluding hydrogens is 250 g/mol. The van der Waals surface area contributed by atoms with E-state index in [-0.39, 0.29) is 12.0 Å². The van der Waals surface area contributed by atoms with Gasteiger partial charge in [-0.25, -0.2) is 4.79 Å². The first kappa shape index (κ1) is 14.1. The average molecular weight is 269 g/mol. The van der Waals surface area contributed by atoms with Crippen molar-refractivity contribution in [3.63, 3.8) is 0 Å². The molecular formula is C17H19NO2. The average Bonchev–Trinajstić information content (AvgIpc) is 2.53. The van der Waals surface area contributed by atoms with Gasteiger partial charge in [0, 0.05) is 5.69 Å². The summed E-state index contributed by atoms with van der Waals surface area (Å²) in [6.07, 6.45) is 0.965. The normalized spacial score (nSPS) is 11.7. The second-order valence-electron chi connectivity index (χ2n) is 4.59. The maximum absolute atomic E-state index is 11.5. The molecule has 0 spiro atoms. The molecule has 1 unspecified atom stereocenters. The smallest absolute Gasteiger partial charge is 0.337 e. The van der Waals surface area contributed by atoms with Gasteiger partial charge in [0.2, 0.25) is 0 Å². The van der Waals surface area contributed by atoms with Gasteiger partial charge in [-0.05, 0) is 30.2 Å². The van der Waals surface area contributed by atoms with Crippen molar-refractivity contribution in [1.29, 1.82) is 0 Å². The third kappa shape index (κ3) is 3.38. The van der Waals surface area contributed by atoms with Gasteiger partial charge in [0.1, 0.15) is 0 Å². The van der Waals surface area contributed by atoms with Crippen molar-refractivity contribution in [2.75, 3.05) is 12.4 Å². The molecule has 3 heteroatoms. The zero-order chi connectivity index (χ0) is 14.4. The highest BCUT2D eigenvalue weighted by molar-refractivity contribution is 5.90. The van der Waals surface area contributed by atoms with Crippen molar-refractivity contribution in [2.45, 2.75) is 19.4 Å². The first-order valence-corrected chi connectivity index (χ1v) is 6.74. The molecule has 0 bridgehead atoms. The van der Waals surface area contributed by atoms with Crippen LogP contribution in [-0.4, -0.2) is 13.1 Å². The SMILES string of the molecule is CCC(Nc1cccc(C(=O)OC)c1)c1ccccc1. The molecule has 0 heterocycles. The van der Waals surface area contributed by atoms with Crippen molar-refractivity contribution >= 4 is 11.7 Å². The first-order valence-electron chi connectivity index (χ1n) is 6.74. The van der Waals surface area contributed by atoms with Crippen LogP contribution in [-0.2, 0) is 4.74 Å². The first-order chi connectivity index (χ1) is 9.74. The minimum absolute atomic E-state index is 0.226. The van der Waals surface area contributed by atoms with E-state index in [1.165, 1.54) is 12.7 Å². The Hall–Kier alpha value is -2.29. The topological polar surface area (TPSA) is 38.3 Å². The number of carbonyl (C=O) groups excluding carboxylic acids is 1. The summed E-state index contributed by atoms with van der Waals surface area (Å²) in [7, 11) is 1.39. The number of methoxy groups -OCH3 is 1. The van der Waals surface area contributed by atoms with Gasteiger partial charge in [-0.3, -0.25) is 0 Å². The Kier molecular flexibility index (Phi) is 4.77. The number of ether oxygens (including phenoxy) is 1. The van der Waals surface area contributed by atoms with Crippen LogP contribution in [0.5, 0.6) is 0 Å². The van der Waals surface area contributed by atoms with Crippen LogP contribution in [0.3, 0.4) is 0 Å². The molecule has 2 aromatic carbocycles. The van der Waals surface area contributed by atoms with Crippen molar-refractivity contribution in [3.8, 4) is 0 Å². The molecule has 0 aliphatic rings. The van der Waals surface area contributed by atoms with E-state index in [4.69, 9.17) is 4.74 Å². The Balaban J connectivity index is 2.18. The van der Waals surface area contributed by atoms with Crippen LogP contribution in [0, 0.1) is 0 Å². The fourth-order valence-corrected chi connectivity index (χ4v) is 2.16. The summed E-state index contributed by atoms with van der Waals surface area (Å²) in [5, 5.41) is 3.46. The highest BCUT2D eigenvalue weighted by atomic mass is 16.5. The highest BCUT2D eigenvalue weighted by Crippen LogP contribution is 2.23. The Morgan fingerprint density at radius 1 is 1.15 bits per heavy atom. The zero-order valence-corrected chi connectivity index (χ0v) is 11.8. The quantitative estimate of drug-likeness (QED) is 0.833. The summed E-state index contributed by atoms with van der Waals surface area (Å²) in [5.74, 6) is -0.318. The Labute approximate surface area is 119 Å². The van der Waals surface area contributed by atoms with Crippen molar-refractivity contribution in [2.24, 2.45) is 0 Å². The molecule has 2 rings (SSSR count). The summed E-state index contributed by atoms with van der Waals surface area (Å²) in [4.78, 5) is 11.5. The summed E-state index contributed by atoms with van der Waals surface area (Å²) in [6, 6.07) is 17.9. The van der Waals surface area contributed by atoms with E-state index >= 15 is 0 Å². The molecule has 0 aromatic heterocycles. The summed E-state index contributed by atoms with van der Waals surface area (Å²) in [6.45, 7) is 2.13. The zero-order valence-electron chi connectivity index (χ0n) is 11.8. The van der Waals surface area contributed by atoms with Crippen LogP contribution in [0.25, 0.3) is 0 Å².